The zero-order valence-corrected chi connectivity index (χ0v) is 12.9. The third kappa shape index (κ3) is 3.82. The van der Waals surface area contributed by atoms with Crippen molar-refractivity contribution in [1.29, 1.82) is 0 Å². The van der Waals surface area contributed by atoms with Crippen LogP contribution in [0.3, 0.4) is 0 Å². The molecule has 106 valence electrons. The Labute approximate surface area is 118 Å². The fraction of sp³-hybridized carbons (Fsp3) is 0.667. The van der Waals surface area contributed by atoms with Gasteiger partial charge in [0.2, 0.25) is 0 Å². The largest absolute Gasteiger partial charge is 0.310 e. The highest BCUT2D eigenvalue weighted by atomic mass is 14.9. The lowest BCUT2D eigenvalue weighted by atomic mass is 9.78. The molecule has 1 aromatic carbocycles. The summed E-state index contributed by atoms with van der Waals surface area (Å²) in [5.74, 6) is 2.31. The normalized spacial score (nSPS) is 27.7. The van der Waals surface area contributed by atoms with Crippen molar-refractivity contribution >= 4 is 0 Å². The zero-order valence-electron chi connectivity index (χ0n) is 12.9. The van der Waals surface area contributed by atoms with Crippen LogP contribution in [0.4, 0.5) is 0 Å². The minimum absolute atomic E-state index is 0.626. The van der Waals surface area contributed by atoms with Crippen LogP contribution in [0.1, 0.15) is 64.0 Å². The maximum atomic E-state index is 3.77. The molecule has 3 unspecified atom stereocenters. The minimum Gasteiger partial charge on any atom is -0.310 e. The summed E-state index contributed by atoms with van der Waals surface area (Å²) in [6, 6.07) is 9.80. The SMILES string of the molecule is CC(C)c1ccc(CNC2CCCC(C)C2C)cc1. The highest BCUT2D eigenvalue weighted by Gasteiger charge is 2.26. The van der Waals surface area contributed by atoms with E-state index in [1.807, 2.05) is 0 Å². The maximum Gasteiger partial charge on any atom is 0.0208 e. The Hall–Kier alpha value is -0.820. The monoisotopic (exact) mass is 259 g/mol. The quantitative estimate of drug-likeness (QED) is 0.824. The van der Waals surface area contributed by atoms with Gasteiger partial charge < -0.3 is 5.32 Å². The van der Waals surface area contributed by atoms with Gasteiger partial charge in [-0.15, -0.1) is 0 Å². The van der Waals surface area contributed by atoms with Crippen molar-refractivity contribution in [1.82, 2.24) is 5.32 Å². The first kappa shape index (κ1) is 14.6. The van der Waals surface area contributed by atoms with Gasteiger partial charge in [-0.05, 0) is 35.3 Å². The summed E-state index contributed by atoms with van der Waals surface area (Å²) in [5, 5.41) is 3.77. The van der Waals surface area contributed by atoms with Crippen LogP contribution in [-0.4, -0.2) is 6.04 Å². The van der Waals surface area contributed by atoms with Crippen LogP contribution in [-0.2, 0) is 6.54 Å². The molecule has 0 aromatic heterocycles. The van der Waals surface area contributed by atoms with Gasteiger partial charge in [-0.2, -0.15) is 0 Å². The van der Waals surface area contributed by atoms with E-state index in [9.17, 15) is 0 Å². The predicted molar refractivity (Wildman–Crippen MR) is 83.3 cm³/mol. The van der Waals surface area contributed by atoms with Gasteiger partial charge in [0.15, 0.2) is 0 Å². The molecule has 0 bridgehead atoms. The van der Waals surface area contributed by atoms with E-state index in [0.29, 0.717) is 12.0 Å². The van der Waals surface area contributed by atoms with Gasteiger partial charge in [-0.25, -0.2) is 0 Å². The first-order valence-corrected chi connectivity index (χ1v) is 7.90. The Bertz CT molecular complexity index is 379. The molecule has 0 aliphatic heterocycles. The van der Waals surface area contributed by atoms with E-state index >= 15 is 0 Å². The molecule has 1 aliphatic carbocycles. The standard InChI is InChI=1S/C18H29N/c1-13(2)17-10-8-16(9-11-17)12-19-18-7-5-6-14(3)15(18)4/h8-11,13-15,18-19H,5-7,12H2,1-4H3. The van der Waals surface area contributed by atoms with E-state index in [2.05, 4.69) is 57.3 Å². The summed E-state index contributed by atoms with van der Waals surface area (Å²) in [6.07, 6.45) is 4.13. The second-order valence-corrected chi connectivity index (χ2v) is 6.65. The van der Waals surface area contributed by atoms with Crippen molar-refractivity contribution in [3.05, 3.63) is 35.4 Å². The number of hydrogen-bond donors (Lipinski definition) is 1. The maximum absolute atomic E-state index is 3.77. The first-order chi connectivity index (χ1) is 9.08. The molecule has 0 amide bonds. The molecule has 19 heavy (non-hydrogen) atoms. The Morgan fingerprint density at radius 2 is 1.79 bits per heavy atom. The van der Waals surface area contributed by atoms with E-state index in [1.165, 1.54) is 30.4 Å². The Balaban J connectivity index is 1.88. The van der Waals surface area contributed by atoms with Gasteiger partial charge in [0.05, 0.1) is 0 Å². The summed E-state index contributed by atoms with van der Waals surface area (Å²) in [5.41, 5.74) is 2.85. The van der Waals surface area contributed by atoms with Crippen LogP contribution in [0.25, 0.3) is 0 Å². The average Bonchev–Trinajstić information content (AvgIpc) is 2.41. The van der Waals surface area contributed by atoms with Gasteiger partial charge in [0.1, 0.15) is 0 Å². The Morgan fingerprint density at radius 1 is 1.11 bits per heavy atom. The summed E-state index contributed by atoms with van der Waals surface area (Å²) in [6.45, 7) is 10.3. The summed E-state index contributed by atoms with van der Waals surface area (Å²) >= 11 is 0. The fourth-order valence-corrected chi connectivity index (χ4v) is 3.14. The van der Waals surface area contributed by atoms with Crippen LogP contribution < -0.4 is 5.32 Å². The number of hydrogen-bond acceptors (Lipinski definition) is 1. The van der Waals surface area contributed by atoms with Crippen molar-refractivity contribution in [3.63, 3.8) is 0 Å². The van der Waals surface area contributed by atoms with Gasteiger partial charge in [0.25, 0.3) is 0 Å². The molecule has 1 aliphatic rings. The number of rotatable bonds is 4. The molecule has 2 rings (SSSR count). The van der Waals surface area contributed by atoms with E-state index in [1.54, 1.807) is 0 Å². The molecule has 1 saturated carbocycles. The number of benzene rings is 1. The van der Waals surface area contributed by atoms with Crippen molar-refractivity contribution < 1.29 is 0 Å². The third-order valence-electron chi connectivity index (χ3n) is 4.92. The molecule has 3 atom stereocenters. The second-order valence-electron chi connectivity index (χ2n) is 6.65. The fourth-order valence-electron chi connectivity index (χ4n) is 3.14. The van der Waals surface area contributed by atoms with Crippen molar-refractivity contribution in [2.24, 2.45) is 11.8 Å². The molecule has 0 radical (unpaired) electrons. The van der Waals surface area contributed by atoms with Gasteiger partial charge in [-0.3, -0.25) is 0 Å². The van der Waals surface area contributed by atoms with Gasteiger partial charge in [-0.1, -0.05) is 64.8 Å². The lowest BCUT2D eigenvalue weighted by Gasteiger charge is -2.34. The van der Waals surface area contributed by atoms with E-state index in [4.69, 9.17) is 0 Å². The molecule has 1 N–H and O–H groups in total. The van der Waals surface area contributed by atoms with E-state index in [0.717, 1.165) is 18.4 Å². The second kappa shape index (κ2) is 6.56. The average molecular weight is 259 g/mol. The summed E-state index contributed by atoms with van der Waals surface area (Å²) in [7, 11) is 0. The van der Waals surface area contributed by atoms with Crippen molar-refractivity contribution in [3.8, 4) is 0 Å². The van der Waals surface area contributed by atoms with E-state index in [-0.39, 0.29) is 0 Å². The highest BCUT2D eigenvalue weighted by molar-refractivity contribution is 5.24. The summed E-state index contributed by atoms with van der Waals surface area (Å²) < 4.78 is 0. The number of nitrogens with one attached hydrogen (secondary N) is 1. The third-order valence-corrected chi connectivity index (χ3v) is 4.92. The Morgan fingerprint density at radius 3 is 2.42 bits per heavy atom. The molecule has 1 heteroatoms. The minimum atomic E-state index is 0.626. The lowest BCUT2D eigenvalue weighted by molar-refractivity contribution is 0.206. The molecule has 1 nitrogen and oxygen atoms in total. The first-order valence-electron chi connectivity index (χ1n) is 7.90. The van der Waals surface area contributed by atoms with E-state index < -0.39 is 0 Å². The van der Waals surface area contributed by atoms with Gasteiger partial charge >= 0.3 is 0 Å². The molecule has 0 heterocycles. The lowest BCUT2D eigenvalue weighted by Crippen LogP contribution is -2.40. The van der Waals surface area contributed by atoms with Gasteiger partial charge in [0, 0.05) is 12.6 Å². The van der Waals surface area contributed by atoms with Crippen LogP contribution in [0, 0.1) is 11.8 Å². The molecule has 0 spiro atoms. The van der Waals surface area contributed by atoms with Crippen LogP contribution in [0.15, 0.2) is 24.3 Å². The zero-order chi connectivity index (χ0) is 13.8. The Kier molecular flexibility index (Phi) is 5.04. The molecule has 0 saturated heterocycles. The predicted octanol–water partition coefficient (Wildman–Crippen LogP) is 4.72. The smallest absolute Gasteiger partial charge is 0.0208 e. The van der Waals surface area contributed by atoms with Crippen LogP contribution >= 0.6 is 0 Å². The topological polar surface area (TPSA) is 12.0 Å². The molecular formula is C18H29N. The van der Waals surface area contributed by atoms with Crippen molar-refractivity contribution in [2.45, 2.75) is 65.5 Å². The highest BCUT2D eigenvalue weighted by Crippen LogP contribution is 2.29. The van der Waals surface area contributed by atoms with Crippen molar-refractivity contribution in [2.75, 3.05) is 0 Å². The van der Waals surface area contributed by atoms with Crippen LogP contribution in [0.5, 0.6) is 0 Å². The van der Waals surface area contributed by atoms with Crippen LogP contribution in [0.2, 0.25) is 0 Å². The summed E-state index contributed by atoms with van der Waals surface area (Å²) in [4.78, 5) is 0. The molecular weight excluding hydrogens is 230 g/mol. The molecule has 1 fully saturated rings. The molecule has 1 aromatic rings.